The van der Waals surface area contributed by atoms with Crippen LogP contribution in [0.3, 0.4) is 0 Å². The van der Waals surface area contributed by atoms with Crippen LogP contribution in [0.15, 0.2) is 103 Å². The lowest BCUT2D eigenvalue weighted by Gasteiger charge is -2.08. The maximum Gasteiger partial charge on any atom is 0.346 e. The maximum absolute atomic E-state index is 13.5. The average Bonchev–Trinajstić information content (AvgIpc) is 3.37. The fraction of sp³-hybridized carbons (Fsp3) is 0. The Labute approximate surface area is 211 Å². The summed E-state index contributed by atoms with van der Waals surface area (Å²) < 4.78 is 33.9. The summed E-state index contributed by atoms with van der Waals surface area (Å²) in [7, 11) is 0. The largest absolute Gasteiger partial charge is 0.457 e. The second-order valence-electron chi connectivity index (χ2n) is 8.04. The Kier molecular flexibility index (Phi) is 6.43. The minimum Gasteiger partial charge on any atom is -0.457 e. The first-order valence-electron chi connectivity index (χ1n) is 11.2. The van der Waals surface area contributed by atoms with Crippen LogP contribution in [0.2, 0.25) is 0 Å². The number of benzene rings is 4. The van der Waals surface area contributed by atoms with Gasteiger partial charge in [-0.15, -0.1) is 0 Å². The minimum atomic E-state index is -0.516. The molecule has 5 aromatic rings. The molecule has 0 fully saturated rings. The van der Waals surface area contributed by atoms with E-state index in [0.29, 0.717) is 45.1 Å². The monoisotopic (exact) mass is 492 g/mol. The van der Waals surface area contributed by atoms with Crippen molar-refractivity contribution < 1.29 is 18.3 Å². The molecule has 6 nitrogen and oxygen atoms in total. The van der Waals surface area contributed by atoms with E-state index in [1.807, 2.05) is 0 Å². The number of carbonyl (C=O) groups excluding carboxylic acids is 1. The van der Waals surface area contributed by atoms with E-state index in [1.165, 1.54) is 24.3 Å². The van der Waals surface area contributed by atoms with Crippen molar-refractivity contribution in [1.82, 2.24) is 9.78 Å². The van der Waals surface area contributed by atoms with Gasteiger partial charge < -0.3 is 10.1 Å². The second kappa shape index (κ2) is 10.1. The number of nitrogens with one attached hydrogen (secondary N) is 1. The van der Waals surface area contributed by atoms with E-state index in [-0.39, 0.29) is 5.82 Å². The van der Waals surface area contributed by atoms with Crippen molar-refractivity contribution in [3.05, 3.63) is 120 Å². The number of anilines is 1. The van der Waals surface area contributed by atoms with Gasteiger partial charge in [-0.25, -0.2) is 13.6 Å². The number of hydrogen-bond acceptors (Lipinski definition) is 4. The smallest absolute Gasteiger partial charge is 0.346 e. The maximum atomic E-state index is 13.5. The van der Waals surface area contributed by atoms with Crippen LogP contribution in [0.5, 0.6) is 11.5 Å². The molecular formula is C29H18F2N4O2. The van der Waals surface area contributed by atoms with Crippen molar-refractivity contribution in [2.24, 2.45) is 0 Å². The van der Waals surface area contributed by atoms with Gasteiger partial charge in [0.05, 0.1) is 11.6 Å². The number of nitrogens with zero attached hydrogens (tertiary/aromatic N) is 3. The number of amides is 1. The van der Waals surface area contributed by atoms with Crippen LogP contribution in [0.25, 0.3) is 22.4 Å². The Balaban J connectivity index is 1.37. The van der Waals surface area contributed by atoms with Crippen molar-refractivity contribution in [3.63, 3.8) is 0 Å². The molecule has 5 rings (SSSR count). The van der Waals surface area contributed by atoms with Crippen LogP contribution < -0.4 is 10.1 Å². The number of halogens is 2. The fourth-order valence-electron chi connectivity index (χ4n) is 3.66. The molecule has 0 atom stereocenters. The standard InChI is InChI=1S/C29H18F2N4O2/c30-22-7-3-20(4-8-22)27-18-35(34-28(27)21-5-9-23(31)10-6-21)29(36)33-24-11-15-26(16-12-24)37-25-13-1-19(17-32)2-14-25/h1-16,18H,(H,33,36). The molecule has 0 saturated carbocycles. The minimum absolute atomic E-state index is 0.385. The topological polar surface area (TPSA) is 79.9 Å². The molecule has 0 saturated heterocycles. The molecule has 1 N–H and O–H groups in total. The van der Waals surface area contributed by atoms with Crippen LogP contribution >= 0.6 is 0 Å². The molecule has 8 heteroatoms. The molecule has 0 unspecified atom stereocenters. The molecule has 37 heavy (non-hydrogen) atoms. The molecule has 0 spiro atoms. The first kappa shape index (κ1) is 23.5. The summed E-state index contributed by atoms with van der Waals surface area (Å²) >= 11 is 0. The Hall–Kier alpha value is -5.29. The van der Waals surface area contributed by atoms with Gasteiger partial charge in [0.15, 0.2) is 0 Å². The van der Waals surface area contributed by atoms with Crippen molar-refractivity contribution in [2.75, 3.05) is 5.32 Å². The zero-order valence-electron chi connectivity index (χ0n) is 19.2. The zero-order valence-corrected chi connectivity index (χ0v) is 19.2. The molecule has 0 aliphatic rings. The van der Waals surface area contributed by atoms with Crippen molar-refractivity contribution in [1.29, 1.82) is 5.26 Å². The van der Waals surface area contributed by atoms with Crippen LogP contribution in [-0.2, 0) is 0 Å². The zero-order chi connectivity index (χ0) is 25.8. The lowest BCUT2D eigenvalue weighted by Crippen LogP contribution is -2.19. The summed E-state index contributed by atoms with van der Waals surface area (Å²) in [5.41, 5.74) is 3.36. The van der Waals surface area contributed by atoms with Gasteiger partial charge in [0.1, 0.15) is 28.8 Å². The molecule has 0 radical (unpaired) electrons. The van der Waals surface area contributed by atoms with Gasteiger partial charge in [0.25, 0.3) is 0 Å². The van der Waals surface area contributed by atoms with Gasteiger partial charge in [-0.05, 0) is 90.5 Å². The summed E-state index contributed by atoms with van der Waals surface area (Å²) in [5, 5.41) is 16.1. The first-order valence-corrected chi connectivity index (χ1v) is 11.2. The molecule has 1 amide bonds. The Morgan fingerprint density at radius 3 is 1.89 bits per heavy atom. The molecule has 0 aliphatic carbocycles. The number of rotatable bonds is 5. The highest BCUT2D eigenvalue weighted by atomic mass is 19.1. The fourth-order valence-corrected chi connectivity index (χ4v) is 3.66. The van der Waals surface area contributed by atoms with E-state index < -0.39 is 11.8 Å². The Morgan fingerprint density at radius 1 is 0.784 bits per heavy atom. The van der Waals surface area contributed by atoms with Crippen molar-refractivity contribution in [2.45, 2.75) is 0 Å². The quantitative estimate of drug-likeness (QED) is 0.280. The number of ether oxygens (including phenoxy) is 1. The van der Waals surface area contributed by atoms with Gasteiger partial charge in [0, 0.05) is 23.0 Å². The molecule has 180 valence electrons. The summed E-state index contributed by atoms with van der Waals surface area (Å²) in [6, 6.07) is 26.6. The summed E-state index contributed by atoms with van der Waals surface area (Å²) in [6.45, 7) is 0. The molecule has 1 aromatic heterocycles. The molecular weight excluding hydrogens is 474 g/mol. The van der Waals surface area contributed by atoms with Crippen molar-refractivity contribution >= 4 is 11.7 Å². The van der Waals surface area contributed by atoms with Crippen LogP contribution in [0.4, 0.5) is 19.3 Å². The van der Waals surface area contributed by atoms with Gasteiger partial charge in [0.2, 0.25) is 0 Å². The second-order valence-corrected chi connectivity index (χ2v) is 8.04. The predicted molar refractivity (Wildman–Crippen MR) is 135 cm³/mol. The van der Waals surface area contributed by atoms with Crippen LogP contribution in [-0.4, -0.2) is 15.8 Å². The Bertz CT molecular complexity index is 1520. The molecule has 1 heterocycles. The molecule has 0 bridgehead atoms. The van der Waals surface area contributed by atoms with Crippen LogP contribution in [0, 0.1) is 23.0 Å². The predicted octanol–water partition coefficient (Wildman–Crippen LogP) is 7.24. The van der Waals surface area contributed by atoms with E-state index >= 15 is 0 Å². The SMILES string of the molecule is N#Cc1ccc(Oc2ccc(NC(=O)n3cc(-c4ccc(F)cc4)c(-c4ccc(F)cc4)n3)cc2)cc1. The third-order valence-electron chi connectivity index (χ3n) is 5.52. The van der Waals surface area contributed by atoms with E-state index in [4.69, 9.17) is 10.00 Å². The van der Waals surface area contributed by atoms with E-state index in [2.05, 4.69) is 16.5 Å². The lowest BCUT2D eigenvalue weighted by atomic mass is 10.0. The van der Waals surface area contributed by atoms with E-state index in [1.54, 1.807) is 79.0 Å². The van der Waals surface area contributed by atoms with Gasteiger partial charge >= 0.3 is 6.03 Å². The van der Waals surface area contributed by atoms with Gasteiger partial charge in [-0.1, -0.05) is 12.1 Å². The first-order chi connectivity index (χ1) is 18.0. The highest BCUT2D eigenvalue weighted by Crippen LogP contribution is 2.31. The highest BCUT2D eigenvalue weighted by molar-refractivity contribution is 5.92. The Morgan fingerprint density at radius 2 is 1.32 bits per heavy atom. The highest BCUT2D eigenvalue weighted by Gasteiger charge is 2.17. The third-order valence-corrected chi connectivity index (χ3v) is 5.52. The van der Waals surface area contributed by atoms with Gasteiger partial charge in [-0.3, -0.25) is 0 Å². The van der Waals surface area contributed by atoms with E-state index in [0.717, 1.165) is 4.68 Å². The summed E-state index contributed by atoms with van der Waals surface area (Å²) in [6.07, 6.45) is 1.55. The number of aromatic nitrogens is 2. The molecule has 0 aliphatic heterocycles. The van der Waals surface area contributed by atoms with Gasteiger partial charge in [-0.2, -0.15) is 15.0 Å². The third kappa shape index (κ3) is 5.36. The molecule has 4 aromatic carbocycles. The van der Waals surface area contributed by atoms with E-state index in [9.17, 15) is 13.6 Å². The number of hydrogen-bond donors (Lipinski definition) is 1. The van der Waals surface area contributed by atoms with Crippen molar-refractivity contribution in [3.8, 4) is 40.0 Å². The number of carbonyl (C=O) groups is 1. The lowest BCUT2D eigenvalue weighted by molar-refractivity contribution is 0.251. The summed E-state index contributed by atoms with van der Waals surface area (Å²) in [4.78, 5) is 13.0. The van der Waals surface area contributed by atoms with Crippen LogP contribution in [0.1, 0.15) is 5.56 Å². The average molecular weight is 492 g/mol. The number of nitriles is 1. The summed E-state index contributed by atoms with van der Waals surface area (Å²) in [5.74, 6) is 0.354. The normalized spacial score (nSPS) is 10.5.